The van der Waals surface area contributed by atoms with Gasteiger partial charge in [-0.3, -0.25) is 9.78 Å². The molecule has 0 aliphatic carbocycles. The number of aromatic amines is 1. The quantitative estimate of drug-likeness (QED) is 0.726. The predicted molar refractivity (Wildman–Crippen MR) is 51.9 cm³/mol. The van der Waals surface area contributed by atoms with Crippen molar-refractivity contribution in [2.45, 2.75) is 6.92 Å². The van der Waals surface area contributed by atoms with E-state index in [9.17, 15) is 4.79 Å². The maximum absolute atomic E-state index is 10.4. The number of H-pyrrole nitrogens is 1. The molecule has 2 heterocycles. The highest BCUT2D eigenvalue weighted by Gasteiger charge is 2.03. The largest absolute Gasteiger partial charge is 0.334 e. The lowest BCUT2D eigenvalue weighted by molar-refractivity contribution is 0.111. The zero-order chi connectivity index (χ0) is 9.97. The first-order valence-corrected chi connectivity index (χ1v) is 4.23. The normalized spacial score (nSPS) is 10.1. The monoisotopic (exact) mass is 187 g/mol. The van der Waals surface area contributed by atoms with E-state index in [0.29, 0.717) is 11.5 Å². The average Bonchev–Trinajstić information content (AvgIpc) is 2.66. The molecule has 0 unspecified atom stereocenters. The summed E-state index contributed by atoms with van der Waals surface area (Å²) in [5.41, 5.74) is 2.32. The molecule has 0 radical (unpaired) electrons. The Balaban J connectivity index is 2.43. The number of aromatic nitrogens is 3. The van der Waals surface area contributed by atoms with Gasteiger partial charge in [0.05, 0.1) is 11.9 Å². The van der Waals surface area contributed by atoms with Crippen molar-refractivity contribution in [1.29, 1.82) is 0 Å². The topological polar surface area (TPSA) is 58.6 Å². The van der Waals surface area contributed by atoms with Crippen LogP contribution in [0.25, 0.3) is 11.5 Å². The molecular weight excluding hydrogens is 178 g/mol. The second kappa shape index (κ2) is 3.41. The zero-order valence-electron chi connectivity index (χ0n) is 7.69. The van der Waals surface area contributed by atoms with Crippen LogP contribution >= 0.6 is 0 Å². The second-order valence-electron chi connectivity index (χ2n) is 3.02. The van der Waals surface area contributed by atoms with Crippen LogP contribution in [-0.4, -0.2) is 21.2 Å². The summed E-state index contributed by atoms with van der Waals surface area (Å²) in [6.07, 6.45) is 3.94. The van der Waals surface area contributed by atoms with Crippen molar-refractivity contribution in [1.82, 2.24) is 15.0 Å². The van der Waals surface area contributed by atoms with Crippen molar-refractivity contribution in [3.63, 3.8) is 0 Å². The molecule has 0 spiro atoms. The Hall–Kier alpha value is -1.97. The van der Waals surface area contributed by atoms with Gasteiger partial charge in [-0.05, 0) is 24.6 Å². The van der Waals surface area contributed by atoms with Gasteiger partial charge in [0.2, 0.25) is 0 Å². The number of rotatable bonds is 2. The van der Waals surface area contributed by atoms with Crippen molar-refractivity contribution < 1.29 is 4.79 Å². The van der Waals surface area contributed by atoms with Crippen LogP contribution in [0.15, 0.2) is 24.5 Å². The van der Waals surface area contributed by atoms with E-state index in [0.717, 1.165) is 17.5 Å². The van der Waals surface area contributed by atoms with Crippen molar-refractivity contribution >= 4 is 6.29 Å². The number of carbonyl (C=O) groups is 1. The first kappa shape index (κ1) is 8.62. The van der Waals surface area contributed by atoms with E-state index >= 15 is 0 Å². The Morgan fingerprint density at radius 3 is 2.93 bits per heavy atom. The third-order valence-electron chi connectivity index (χ3n) is 1.88. The van der Waals surface area contributed by atoms with Crippen LogP contribution in [0.4, 0.5) is 0 Å². The summed E-state index contributed by atoms with van der Waals surface area (Å²) in [6, 6.07) is 3.82. The molecule has 4 nitrogen and oxygen atoms in total. The highest BCUT2D eigenvalue weighted by Crippen LogP contribution is 2.12. The van der Waals surface area contributed by atoms with Gasteiger partial charge < -0.3 is 4.98 Å². The van der Waals surface area contributed by atoms with Gasteiger partial charge in [0, 0.05) is 6.20 Å². The van der Waals surface area contributed by atoms with Crippen molar-refractivity contribution in [3.8, 4) is 11.5 Å². The molecule has 0 bridgehead atoms. The minimum atomic E-state index is 0.461. The fourth-order valence-electron chi connectivity index (χ4n) is 1.19. The summed E-state index contributed by atoms with van der Waals surface area (Å²) in [7, 11) is 0. The summed E-state index contributed by atoms with van der Waals surface area (Å²) < 4.78 is 0. The summed E-state index contributed by atoms with van der Waals surface area (Å²) in [5, 5.41) is 0. The first-order valence-electron chi connectivity index (χ1n) is 4.23. The molecule has 0 aliphatic rings. The lowest BCUT2D eigenvalue weighted by atomic mass is 10.2. The number of carbonyl (C=O) groups excluding carboxylic acids is 1. The third kappa shape index (κ3) is 1.54. The van der Waals surface area contributed by atoms with Gasteiger partial charge in [-0.2, -0.15) is 0 Å². The van der Waals surface area contributed by atoms with Gasteiger partial charge in [0.1, 0.15) is 5.69 Å². The molecule has 2 rings (SSSR count). The van der Waals surface area contributed by atoms with Crippen LogP contribution in [0.5, 0.6) is 0 Å². The van der Waals surface area contributed by atoms with Crippen LogP contribution < -0.4 is 0 Å². The number of pyridine rings is 1. The fourth-order valence-corrected chi connectivity index (χ4v) is 1.19. The van der Waals surface area contributed by atoms with Gasteiger partial charge in [-0.1, -0.05) is 0 Å². The van der Waals surface area contributed by atoms with Gasteiger partial charge in [-0.15, -0.1) is 0 Å². The van der Waals surface area contributed by atoms with Crippen molar-refractivity contribution in [2.75, 3.05) is 0 Å². The van der Waals surface area contributed by atoms with Crippen LogP contribution in [0.1, 0.15) is 16.1 Å². The van der Waals surface area contributed by atoms with Gasteiger partial charge in [0.15, 0.2) is 12.1 Å². The molecule has 14 heavy (non-hydrogen) atoms. The van der Waals surface area contributed by atoms with E-state index < -0.39 is 0 Å². The van der Waals surface area contributed by atoms with E-state index in [2.05, 4.69) is 15.0 Å². The number of imidazole rings is 1. The number of aryl methyl sites for hydroxylation is 1. The molecule has 0 saturated carbocycles. The fraction of sp³-hybridized carbons (Fsp3) is 0.100. The number of aldehydes is 1. The number of hydrogen-bond acceptors (Lipinski definition) is 3. The average molecular weight is 187 g/mol. The molecule has 0 fully saturated rings. The maximum atomic E-state index is 10.4. The molecule has 0 aromatic carbocycles. The standard InChI is InChI=1S/C10H9N3O/c1-7-2-3-11-9(4-7)10-12-5-8(6-14)13-10/h2-6H,1H3,(H,12,13). The third-order valence-corrected chi connectivity index (χ3v) is 1.88. The maximum Gasteiger partial charge on any atom is 0.167 e. The van der Waals surface area contributed by atoms with Crippen LogP contribution in [0.2, 0.25) is 0 Å². The minimum Gasteiger partial charge on any atom is -0.334 e. The van der Waals surface area contributed by atoms with E-state index in [1.807, 2.05) is 19.1 Å². The van der Waals surface area contributed by atoms with E-state index in [4.69, 9.17) is 0 Å². The lowest BCUT2D eigenvalue weighted by Crippen LogP contribution is -1.86. The van der Waals surface area contributed by atoms with Crippen LogP contribution in [-0.2, 0) is 0 Å². The predicted octanol–water partition coefficient (Wildman–Crippen LogP) is 1.59. The Labute approximate surface area is 81.0 Å². The van der Waals surface area contributed by atoms with Crippen molar-refractivity contribution in [2.24, 2.45) is 0 Å². The van der Waals surface area contributed by atoms with E-state index in [1.165, 1.54) is 6.20 Å². The summed E-state index contributed by atoms with van der Waals surface area (Å²) in [4.78, 5) is 21.5. The molecule has 2 aromatic heterocycles. The summed E-state index contributed by atoms with van der Waals surface area (Å²) in [6.45, 7) is 1.98. The number of hydrogen-bond donors (Lipinski definition) is 1. The van der Waals surface area contributed by atoms with Gasteiger partial charge >= 0.3 is 0 Å². The highest BCUT2D eigenvalue weighted by molar-refractivity contribution is 5.72. The minimum absolute atomic E-state index is 0.461. The zero-order valence-corrected chi connectivity index (χ0v) is 7.69. The van der Waals surface area contributed by atoms with Crippen molar-refractivity contribution in [3.05, 3.63) is 35.8 Å². The number of nitrogens with one attached hydrogen (secondary N) is 1. The van der Waals surface area contributed by atoms with E-state index in [1.54, 1.807) is 6.20 Å². The number of nitrogens with zero attached hydrogens (tertiary/aromatic N) is 2. The van der Waals surface area contributed by atoms with Crippen LogP contribution in [0, 0.1) is 6.92 Å². The Bertz CT molecular complexity index is 462. The SMILES string of the molecule is Cc1ccnc(-c2ncc(C=O)[nH]2)c1. The summed E-state index contributed by atoms with van der Waals surface area (Å²) in [5.74, 6) is 0.621. The van der Waals surface area contributed by atoms with Crippen LogP contribution in [0.3, 0.4) is 0 Å². The first-order chi connectivity index (χ1) is 6.79. The molecule has 0 atom stereocenters. The van der Waals surface area contributed by atoms with Gasteiger partial charge in [0.25, 0.3) is 0 Å². The Kier molecular flexibility index (Phi) is 2.10. The second-order valence-corrected chi connectivity index (χ2v) is 3.02. The summed E-state index contributed by atoms with van der Waals surface area (Å²) >= 11 is 0. The van der Waals surface area contributed by atoms with E-state index in [-0.39, 0.29) is 0 Å². The molecule has 0 aliphatic heterocycles. The Morgan fingerprint density at radius 2 is 2.29 bits per heavy atom. The molecule has 0 saturated heterocycles. The molecule has 70 valence electrons. The molecule has 2 aromatic rings. The lowest BCUT2D eigenvalue weighted by Gasteiger charge is -1.96. The smallest absolute Gasteiger partial charge is 0.167 e. The highest BCUT2D eigenvalue weighted by atomic mass is 16.1. The molecule has 0 amide bonds. The Morgan fingerprint density at radius 1 is 1.43 bits per heavy atom. The molecule has 1 N–H and O–H groups in total. The van der Waals surface area contributed by atoms with Gasteiger partial charge in [-0.25, -0.2) is 4.98 Å². The molecular formula is C10H9N3O. The molecule has 4 heteroatoms.